The maximum absolute atomic E-state index is 13.1. The second kappa shape index (κ2) is 11.0. The first kappa shape index (κ1) is 26.6. The molecule has 0 unspecified atom stereocenters. The molecule has 0 aliphatic heterocycles. The fourth-order valence-corrected chi connectivity index (χ4v) is 3.98. The Kier molecular flexibility index (Phi) is 8.84. The van der Waals surface area contributed by atoms with Crippen LogP contribution in [-0.4, -0.2) is 40.3 Å². The molecule has 2 aromatic rings. The van der Waals surface area contributed by atoms with Crippen molar-refractivity contribution in [3.8, 4) is 11.5 Å². The van der Waals surface area contributed by atoms with E-state index < -0.39 is 39.9 Å². The van der Waals surface area contributed by atoms with E-state index in [1.165, 1.54) is 0 Å². The van der Waals surface area contributed by atoms with Crippen molar-refractivity contribution < 1.29 is 35.9 Å². The van der Waals surface area contributed by atoms with Crippen molar-refractivity contribution in [2.75, 3.05) is 30.3 Å². The number of halogens is 4. The van der Waals surface area contributed by atoms with Crippen LogP contribution in [0.5, 0.6) is 11.5 Å². The summed E-state index contributed by atoms with van der Waals surface area (Å²) >= 11 is 5.96. The summed E-state index contributed by atoms with van der Waals surface area (Å²) in [6, 6.07) is 7.32. The summed E-state index contributed by atoms with van der Waals surface area (Å²) in [5, 5.41) is 2.31. The number of benzene rings is 2. The molecule has 0 atom stereocenters. The molecule has 0 fully saturated rings. The number of hydrogen-bond donors (Lipinski definition) is 1. The van der Waals surface area contributed by atoms with Gasteiger partial charge in [0.2, 0.25) is 15.9 Å². The molecule has 0 spiro atoms. The zero-order chi connectivity index (χ0) is 24.8. The SMILES string of the molecule is CCOc1ccc(CNC(=O)CN(c2cc(C(F)(F)F)ccc2Cl)S(C)(=O)=O)cc1OCC. The second-order valence-corrected chi connectivity index (χ2v) is 9.17. The highest BCUT2D eigenvalue weighted by Gasteiger charge is 2.33. The number of sulfonamides is 1. The molecular formula is C21H24ClF3N2O5S. The largest absolute Gasteiger partial charge is 0.490 e. The van der Waals surface area contributed by atoms with Crippen molar-refractivity contribution in [2.45, 2.75) is 26.6 Å². The molecule has 0 saturated carbocycles. The Labute approximate surface area is 195 Å². The molecule has 182 valence electrons. The van der Waals surface area contributed by atoms with Crippen molar-refractivity contribution in [1.82, 2.24) is 5.32 Å². The number of carbonyl (C=O) groups is 1. The Morgan fingerprint density at radius 2 is 1.70 bits per heavy atom. The number of nitrogens with one attached hydrogen (secondary N) is 1. The number of hydrogen-bond acceptors (Lipinski definition) is 5. The number of rotatable bonds is 10. The highest BCUT2D eigenvalue weighted by molar-refractivity contribution is 7.92. The van der Waals surface area contributed by atoms with Gasteiger partial charge in [0.25, 0.3) is 0 Å². The number of carbonyl (C=O) groups excluding carboxylic acids is 1. The Hall–Kier alpha value is -2.66. The lowest BCUT2D eigenvalue weighted by molar-refractivity contribution is -0.137. The molecule has 0 bridgehead atoms. The minimum atomic E-state index is -4.71. The zero-order valence-corrected chi connectivity index (χ0v) is 19.8. The van der Waals surface area contributed by atoms with E-state index in [0.717, 1.165) is 18.4 Å². The van der Waals surface area contributed by atoms with Gasteiger partial charge in [-0.15, -0.1) is 0 Å². The quantitative estimate of drug-likeness (QED) is 0.519. The lowest BCUT2D eigenvalue weighted by Gasteiger charge is -2.24. The molecule has 1 N–H and O–H groups in total. The Balaban J connectivity index is 2.21. The van der Waals surface area contributed by atoms with Crippen LogP contribution in [0.25, 0.3) is 0 Å². The van der Waals surface area contributed by atoms with Gasteiger partial charge in [-0.1, -0.05) is 17.7 Å². The molecule has 0 heterocycles. The third-order valence-corrected chi connectivity index (χ3v) is 5.77. The van der Waals surface area contributed by atoms with Crippen LogP contribution in [0.1, 0.15) is 25.0 Å². The van der Waals surface area contributed by atoms with Crippen molar-refractivity contribution in [3.63, 3.8) is 0 Å². The second-order valence-electron chi connectivity index (χ2n) is 6.86. The van der Waals surface area contributed by atoms with E-state index in [2.05, 4.69) is 5.32 Å². The summed E-state index contributed by atoms with van der Waals surface area (Å²) in [6.07, 6.45) is -3.94. The van der Waals surface area contributed by atoms with Gasteiger partial charge in [-0.25, -0.2) is 8.42 Å². The summed E-state index contributed by atoms with van der Waals surface area (Å²) in [5.41, 5.74) is -0.879. The lowest BCUT2D eigenvalue weighted by Crippen LogP contribution is -2.40. The van der Waals surface area contributed by atoms with E-state index in [9.17, 15) is 26.4 Å². The van der Waals surface area contributed by atoms with E-state index in [4.69, 9.17) is 21.1 Å². The number of amides is 1. The summed E-state index contributed by atoms with van der Waals surface area (Å²) in [4.78, 5) is 12.5. The van der Waals surface area contributed by atoms with Crippen molar-refractivity contribution >= 4 is 33.2 Å². The number of alkyl halides is 3. The van der Waals surface area contributed by atoms with E-state index in [1.807, 2.05) is 13.8 Å². The van der Waals surface area contributed by atoms with E-state index in [0.29, 0.717) is 40.6 Å². The Morgan fingerprint density at radius 3 is 2.27 bits per heavy atom. The van der Waals surface area contributed by atoms with Crippen LogP contribution in [0, 0.1) is 0 Å². The molecule has 0 aliphatic rings. The molecule has 0 saturated heterocycles. The highest BCUT2D eigenvalue weighted by atomic mass is 35.5. The van der Waals surface area contributed by atoms with Crippen molar-refractivity contribution in [1.29, 1.82) is 0 Å². The molecule has 2 rings (SSSR count). The van der Waals surface area contributed by atoms with Crippen molar-refractivity contribution in [3.05, 3.63) is 52.5 Å². The number of ether oxygens (including phenoxy) is 2. The Morgan fingerprint density at radius 1 is 1.06 bits per heavy atom. The minimum absolute atomic E-state index is 0.0270. The summed E-state index contributed by atoms with van der Waals surface area (Å²) in [6.45, 7) is 3.75. The predicted octanol–water partition coefficient (Wildman–Crippen LogP) is 4.24. The molecule has 0 radical (unpaired) electrons. The van der Waals surface area contributed by atoms with Gasteiger partial charge >= 0.3 is 6.18 Å². The van der Waals surface area contributed by atoms with Gasteiger partial charge in [0.05, 0.1) is 35.7 Å². The van der Waals surface area contributed by atoms with E-state index >= 15 is 0 Å². The third-order valence-electron chi connectivity index (χ3n) is 4.33. The van der Waals surface area contributed by atoms with E-state index in [1.54, 1.807) is 18.2 Å². The average molecular weight is 509 g/mol. The van der Waals surface area contributed by atoms with Crippen LogP contribution >= 0.6 is 11.6 Å². The number of anilines is 1. The maximum atomic E-state index is 13.1. The average Bonchev–Trinajstić information content (AvgIpc) is 2.71. The van der Waals surface area contributed by atoms with Gasteiger partial charge in [0, 0.05) is 6.54 Å². The predicted molar refractivity (Wildman–Crippen MR) is 119 cm³/mol. The minimum Gasteiger partial charge on any atom is -0.490 e. The van der Waals surface area contributed by atoms with Crippen LogP contribution in [0.3, 0.4) is 0 Å². The standard InChI is InChI=1S/C21H24ClF3N2O5S/c1-4-31-18-9-6-14(10-19(18)32-5-2)12-26-20(28)13-27(33(3,29)30)17-11-15(21(23,24)25)7-8-16(17)22/h6-11H,4-5,12-13H2,1-3H3,(H,26,28). The first-order valence-electron chi connectivity index (χ1n) is 9.86. The molecule has 1 amide bonds. The topological polar surface area (TPSA) is 84.9 Å². The summed E-state index contributed by atoms with van der Waals surface area (Å²) < 4.78 is 75.3. The molecule has 0 aromatic heterocycles. The third kappa shape index (κ3) is 7.43. The fourth-order valence-electron chi connectivity index (χ4n) is 2.85. The van der Waals surface area contributed by atoms with Gasteiger partial charge in [-0.05, 0) is 49.7 Å². The van der Waals surface area contributed by atoms with Gasteiger partial charge in [-0.2, -0.15) is 13.2 Å². The highest BCUT2D eigenvalue weighted by Crippen LogP contribution is 2.36. The molecule has 0 aliphatic carbocycles. The monoisotopic (exact) mass is 508 g/mol. The van der Waals surface area contributed by atoms with Crippen molar-refractivity contribution in [2.24, 2.45) is 0 Å². The van der Waals surface area contributed by atoms with Gasteiger partial charge < -0.3 is 14.8 Å². The Bertz CT molecular complexity index is 1090. The van der Waals surface area contributed by atoms with Gasteiger partial charge in [0.1, 0.15) is 6.54 Å². The zero-order valence-electron chi connectivity index (χ0n) is 18.2. The van der Waals surface area contributed by atoms with Gasteiger partial charge in [-0.3, -0.25) is 9.10 Å². The van der Waals surface area contributed by atoms with Crippen LogP contribution < -0.4 is 19.1 Å². The smallest absolute Gasteiger partial charge is 0.416 e. The molecule has 33 heavy (non-hydrogen) atoms. The van der Waals surface area contributed by atoms with E-state index in [-0.39, 0.29) is 11.6 Å². The fraction of sp³-hybridized carbons (Fsp3) is 0.381. The summed E-state index contributed by atoms with van der Waals surface area (Å²) in [7, 11) is -4.12. The maximum Gasteiger partial charge on any atom is 0.416 e. The lowest BCUT2D eigenvalue weighted by atomic mass is 10.2. The first-order chi connectivity index (χ1) is 15.4. The first-order valence-corrected chi connectivity index (χ1v) is 12.1. The number of nitrogens with zero attached hydrogens (tertiary/aromatic N) is 1. The van der Waals surface area contributed by atoms with Crippen LogP contribution in [0.2, 0.25) is 5.02 Å². The molecule has 12 heteroatoms. The van der Waals surface area contributed by atoms with Crippen LogP contribution in [0.4, 0.5) is 18.9 Å². The summed E-state index contributed by atoms with van der Waals surface area (Å²) in [5.74, 6) is 0.289. The van der Waals surface area contributed by atoms with Crippen LogP contribution in [-0.2, 0) is 27.5 Å². The molecular weight excluding hydrogens is 485 g/mol. The van der Waals surface area contributed by atoms with Crippen LogP contribution in [0.15, 0.2) is 36.4 Å². The molecule has 2 aromatic carbocycles. The molecule has 7 nitrogen and oxygen atoms in total. The van der Waals surface area contributed by atoms with Gasteiger partial charge in [0.15, 0.2) is 11.5 Å². The normalized spacial score (nSPS) is 11.7.